The summed E-state index contributed by atoms with van der Waals surface area (Å²) in [5.74, 6) is 0. The van der Waals surface area contributed by atoms with Crippen LogP contribution in [0.1, 0.15) is 25.3 Å². The number of carbonyl (C=O) groups is 1. The van der Waals surface area contributed by atoms with Crippen LogP contribution in [-0.4, -0.2) is 29.6 Å². The molecule has 19 heavy (non-hydrogen) atoms. The summed E-state index contributed by atoms with van der Waals surface area (Å²) in [4.78, 5) is 17.3. The fourth-order valence-electron chi connectivity index (χ4n) is 2.40. The zero-order chi connectivity index (χ0) is 13.7. The van der Waals surface area contributed by atoms with E-state index in [1.54, 1.807) is 4.90 Å². The summed E-state index contributed by atoms with van der Waals surface area (Å²) in [6, 6.07) is 9.69. The molecule has 1 aliphatic rings. The molecule has 0 N–H and O–H groups in total. The molecule has 1 fully saturated rings. The number of hydrogen-bond donors (Lipinski definition) is 0. The molecule has 2 rings (SSSR count). The average molecular weight is 258 g/mol. The maximum Gasteiger partial charge on any atom is 0.410 e. The highest BCUT2D eigenvalue weighted by atomic mass is 16.6. The van der Waals surface area contributed by atoms with Crippen molar-refractivity contribution in [2.75, 3.05) is 6.54 Å². The number of hydrogen-bond acceptors (Lipinski definition) is 2. The van der Waals surface area contributed by atoms with Crippen LogP contribution < -0.4 is 0 Å². The van der Waals surface area contributed by atoms with Crippen molar-refractivity contribution < 1.29 is 9.53 Å². The fraction of sp³-hybridized carbons (Fsp3) is 0.467. The molecular weight excluding hydrogens is 240 g/mol. The summed E-state index contributed by atoms with van der Waals surface area (Å²) < 4.78 is 5.32. The van der Waals surface area contributed by atoms with Crippen molar-refractivity contribution in [2.24, 2.45) is 0 Å². The molecule has 1 amide bonds. The third-order valence-electron chi connectivity index (χ3n) is 3.49. The van der Waals surface area contributed by atoms with Gasteiger partial charge in [-0.3, -0.25) is 4.90 Å². The highest BCUT2D eigenvalue weighted by Gasteiger charge is 2.38. The molecule has 1 aromatic carbocycles. The SMILES string of the molecule is [C-]#[N+][C@H]1C[C@@H](CC)N(C(=O)OCc2ccccc2)C1. The second-order valence-electron chi connectivity index (χ2n) is 4.77. The Kier molecular flexibility index (Phi) is 4.40. The maximum atomic E-state index is 12.1. The van der Waals surface area contributed by atoms with Gasteiger partial charge in [0.15, 0.2) is 0 Å². The van der Waals surface area contributed by atoms with Crippen molar-refractivity contribution in [3.63, 3.8) is 0 Å². The lowest BCUT2D eigenvalue weighted by atomic mass is 10.1. The molecule has 0 unspecified atom stereocenters. The lowest BCUT2D eigenvalue weighted by Crippen LogP contribution is -2.35. The van der Waals surface area contributed by atoms with Crippen LogP contribution in [-0.2, 0) is 11.3 Å². The number of likely N-dealkylation sites (tertiary alicyclic amines) is 1. The largest absolute Gasteiger partial charge is 0.445 e. The summed E-state index contributed by atoms with van der Waals surface area (Å²) in [7, 11) is 0. The van der Waals surface area contributed by atoms with Gasteiger partial charge < -0.3 is 9.58 Å². The molecule has 0 aromatic heterocycles. The molecule has 100 valence electrons. The van der Waals surface area contributed by atoms with E-state index in [0.29, 0.717) is 6.54 Å². The Bertz CT molecular complexity index is 467. The van der Waals surface area contributed by atoms with Crippen LogP contribution in [0.15, 0.2) is 30.3 Å². The summed E-state index contributed by atoms with van der Waals surface area (Å²) in [6.07, 6.45) is 1.33. The van der Waals surface area contributed by atoms with E-state index >= 15 is 0 Å². The zero-order valence-corrected chi connectivity index (χ0v) is 11.1. The van der Waals surface area contributed by atoms with Gasteiger partial charge in [-0.05, 0) is 12.0 Å². The van der Waals surface area contributed by atoms with Gasteiger partial charge in [0.25, 0.3) is 0 Å². The van der Waals surface area contributed by atoms with Crippen molar-refractivity contribution in [2.45, 2.75) is 38.5 Å². The van der Waals surface area contributed by atoms with E-state index < -0.39 is 0 Å². The molecule has 1 aromatic rings. The van der Waals surface area contributed by atoms with Crippen molar-refractivity contribution in [3.05, 3.63) is 47.3 Å². The van der Waals surface area contributed by atoms with Crippen molar-refractivity contribution in [1.82, 2.24) is 4.90 Å². The van der Waals surface area contributed by atoms with Gasteiger partial charge in [0.1, 0.15) is 6.61 Å². The van der Waals surface area contributed by atoms with E-state index in [0.717, 1.165) is 18.4 Å². The zero-order valence-electron chi connectivity index (χ0n) is 11.1. The second kappa shape index (κ2) is 6.24. The average Bonchev–Trinajstić information content (AvgIpc) is 2.89. The van der Waals surface area contributed by atoms with Crippen LogP contribution in [0.3, 0.4) is 0 Å². The minimum atomic E-state index is -0.304. The highest BCUT2D eigenvalue weighted by Crippen LogP contribution is 2.23. The van der Waals surface area contributed by atoms with Crippen molar-refractivity contribution in [1.29, 1.82) is 0 Å². The summed E-state index contributed by atoms with van der Waals surface area (Å²) in [5, 5.41) is 0. The first-order valence-electron chi connectivity index (χ1n) is 6.58. The molecule has 1 saturated heterocycles. The van der Waals surface area contributed by atoms with Gasteiger partial charge in [-0.2, -0.15) is 0 Å². The minimum absolute atomic E-state index is 0.0748. The molecule has 2 atom stereocenters. The van der Waals surface area contributed by atoms with Crippen LogP contribution in [0.2, 0.25) is 0 Å². The first kappa shape index (κ1) is 13.4. The fourth-order valence-corrected chi connectivity index (χ4v) is 2.40. The van der Waals surface area contributed by atoms with E-state index in [4.69, 9.17) is 11.3 Å². The molecule has 0 radical (unpaired) electrons. The van der Waals surface area contributed by atoms with Gasteiger partial charge in [0, 0.05) is 12.5 Å². The van der Waals surface area contributed by atoms with E-state index in [2.05, 4.69) is 4.85 Å². The third kappa shape index (κ3) is 3.25. The Morgan fingerprint density at radius 1 is 1.47 bits per heavy atom. The summed E-state index contributed by atoms with van der Waals surface area (Å²) in [5.41, 5.74) is 0.977. The first-order valence-corrected chi connectivity index (χ1v) is 6.58. The quantitative estimate of drug-likeness (QED) is 0.781. The Morgan fingerprint density at radius 2 is 2.21 bits per heavy atom. The van der Waals surface area contributed by atoms with E-state index in [1.165, 1.54) is 0 Å². The monoisotopic (exact) mass is 258 g/mol. The second-order valence-corrected chi connectivity index (χ2v) is 4.77. The van der Waals surface area contributed by atoms with Crippen LogP contribution in [0, 0.1) is 6.57 Å². The Morgan fingerprint density at radius 3 is 2.84 bits per heavy atom. The number of ether oxygens (including phenoxy) is 1. The van der Waals surface area contributed by atoms with E-state index in [9.17, 15) is 4.79 Å². The van der Waals surface area contributed by atoms with Crippen LogP contribution >= 0.6 is 0 Å². The molecule has 4 heteroatoms. The Hall–Kier alpha value is -2.02. The van der Waals surface area contributed by atoms with Gasteiger partial charge in [-0.1, -0.05) is 37.3 Å². The number of benzene rings is 1. The molecule has 0 bridgehead atoms. The van der Waals surface area contributed by atoms with E-state index in [-0.39, 0.29) is 24.8 Å². The predicted octanol–water partition coefficient (Wildman–Crippen LogP) is 3.10. The van der Waals surface area contributed by atoms with Crippen LogP contribution in [0.25, 0.3) is 4.85 Å². The van der Waals surface area contributed by atoms with Gasteiger partial charge >= 0.3 is 6.09 Å². The smallest absolute Gasteiger partial charge is 0.410 e. The minimum Gasteiger partial charge on any atom is -0.445 e. The number of amides is 1. The standard InChI is InChI=1S/C15H18N2O2/c1-3-14-9-13(16-2)10-17(14)15(18)19-11-12-7-5-4-6-8-12/h4-8,13-14H,3,9-11H2,1H3/t13-,14+/m0/s1. The predicted molar refractivity (Wildman–Crippen MR) is 72.4 cm³/mol. The number of nitrogens with zero attached hydrogens (tertiary/aromatic N) is 2. The lowest BCUT2D eigenvalue weighted by Gasteiger charge is -2.21. The number of rotatable bonds is 3. The topological polar surface area (TPSA) is 33.9 Å². The lowest BCUT2D eigenvalue weighted by molar-refractivity contribution is 0.0914. The van der Waals surface area contributed by atoms with Crippen molar-refractivity contribution >= 4 is 6.09 Å². The molecule has 0 saturated carbocycles. The van der Waals surface area contributed by atoms with Crippen molar-refractivity contribution in [3.8, 4) is 0 Å². The van der Waals surface area contributed by atoms with Crippen LogP contribution in [0.5, 0.6) is 0 Å². The summed E-state index contributed by atoms with van der Waals surface area (Å²) in [6.45, 7) is 9.90. The van der Waals surface area contributed by atoms with Gasteiger partial charge in [-0.15, -0.1) is 0 Å². The Labute approximate surface area is 113 Å². The Balaban J connectivity index is 1.91. The normalized spacial score (nSPS) is 22.0. The van der Waals surface area contributed by atoms with E-state index in [1.807, 2.05) is 37.3 Å². The van der Waals surface area contributed by atoms with Gasteiger partial charge in [0.2, 0.25) is 6.04 Å². The number of carbonyl (C=O) groups excluding carboxylic acids is 1. The highest BCUT2D eigenvalue weighted by molar-refractivity contribution is 5.68. The molecular formula is C15H18N2O2. The maximum absolute atomic E-state index is 12.1. The molecule has 4 nitrogen and oxygen atoms in total. The molecule has 1 heterocycles. The summed E-state index contributed by atoms with van der Waals surface area (Å²) >= 11 is 0. The molecule has 0 aliphatic carbocycles. The third-order valence-corrected chi connectivity index (χ3v) is 3.49. The van der Waals surface area contributed by atoms with Gasteiger partial charge in [-0.25, -0.2) is 11.4 Å². The molecule has 1 aliphatic heterocycles. The van der Waals surface area contributed by atoms with Gasteiger partial charge in [0.05, 0.1) is 6.54 Å². The van der Waals surface area contributed by atoms with Crippen LogP contribution in [0.4, 0.5) is 4.79 Å². The molecule has 0 spiro atoms. The first-order chi connectivity index (χ1) is 9.24.